The number of ether oxygens (including phenoxy) is 1. The highest BCUT2D eigenvalue weighted by molar-refractivity contribution is 14.0. The van der Waals surface area contributed by atoms with Crippen LogP contribution < -0.4 is 15.4 Å². The summed E-state index contributed by atoms with van der Waals surface area (Å²) in [6.45, 7) is 9.17. The van der Waals surface area contributed by atoms with E-state index in [0.717, 1.165) is 48.8 Å². The molecule has 2 aliphatic rings. The summed E-state index contributed by atoms with van der Waals surface area (Å²) in [4.78, 5) is 18.9. The van der Waals surface area contributed by atoms with Crippen LogP contribution in [0, 0.1) is 0 Å². The van der Waals surface area contributed by atoms with E-state index in [9.17, 15) is 4.79 Å². The molecule has 0 saturated carbocycles. The average molecular weight is 562 g/mol. The number of guanidine groups is 1. The SMILES string of the molecule is CCNC(=NCc1ccccc1CN1CCCC1=O)NC1CC(C)(C)Oc2ccccc21.I. The third kappa shape index (κ3) is 6.40. The van der Waals surface area contributed by atoms with Crippen molar-refractivity contribution in [2.24, 2.45) is 4.99 Å². The highest BCUT2D eigenvalue weighted by atomic mass is 127. The lowest BCUT2D eigenvalue weighted by atomic mass is 9.90. The maximum Gasteiger partial charge on any atom is 0.222 e. The van der Waals surface area contributed by atoms with Crippen molar-refractivity contribution in [1.29, 1.82) is 0 Å². The number of nitrogens with zero attached hydrogens (tertiary/aromatic N) is 2. The second-order valence-electron chi connectivity index (χ2n) is 9.18. The minimum absolute atomic E-state index is 0. The maximum atomic E-state index is 12.1. The summed E-state index contributed by atoms with van der Waals surface area (Å²) in [7, 11) is 0. The molecule has 2 aliphatic heterocycles. The van der Waals surface area contributed by atoms with Crippen molar-refractivity contribution in [3.05, 3.63) is 65.2 Å². The van der Waals surface area contributed by atoms with E-state index in [0.29, 0.717) is 19.5 Å². The molecule has 33 heavy (non-hydrogen) atoms. The Bertz CT molecular complexity index is 992. The second-order valence-corrected chi connectivity index (χ2v) is 9.18. The second kappa shape index (κ2) is 11.2. The molecular weight excluding hydrogens is 527 g/mol. The number of likely N-dealkylation sites (tertiary alicyclic amines) is 1. The van der Waals surface area contributed by atoms with E-state index in [1.54, 1.807) is 0 Å². The summed E-state index contributed by atoms with van der Waals surface area (Å²) >= 11 is 0. The Hall–Kier alpha value is -2.29. The van der Waals surface area contributed by atoms with Crippen LogP contribution >= 0.6 is 24.0 Å². The number of carbonyl (C=O) groups excluding carboxylic acids is 1. The first kappa shape index (κ1) is 25.3. The van der Waals surface area contributed by atoms with E-state index < -0.39 is 0 Å². The van der Waals surface area contributed by atoms with E-state index in [2.05, 4.69) is 55.7 Å². The van der Waals surface area contributed by atoms with Crippen molar-refractivity contribution in [1.82, 2.24) is 15.5 Å². The zero-order valence-corrected chi connectivity index (χ0v) is 22.1. The number of hydrogen-bond donors (Lipinski definition) is 2. The summed E-state index contributed by atoms with van der Waals surface area (Å²) in [6.07, 6.45) is 2.47. The fourth-order valence-corrected chi connectivity index (χ4v) is 4.52. The molecule has 178 valence electrons. The monoisotopic (exact) mass is 562 g/mol. The maximum absolute atomic E-state index is 12.1. The quantitative estimate of drug-likeness (QED) is 0.302. The van der Waals surface area contributed by atoms with Gasteiger partial charge in [-0.25, -0.2) is 4.99 Å². The lowest BCUT2D eigenvalue weighted by molar-refractivity contribution is -0.128. The summed E-state index contributed by atoms with van der Waals surface area (Å²) < 4.78 is 6.18. The lowest BCUT2D eigenvalue weighted by Gasteiger charge is -2.38. The Morgan fingerprint density at radius 2 is 1.88 bits per heavy atom. The zero-order chi connectivity index (χ0) is 22.6. The molecule has 1 saturated heterocycles. The number of amides is 1. The van der Waals surface area contributed by atoms with Gasteiger partial charge in [0.2, 0.25) is 5.91 Å². The third-order valence-corrected chi connectivity index (χ3v) is 6.09. The number of carbonyl (C=O) groups is 1. The van der Waals surface area contributed by atoms with Crippen LogP contribution in [0.3, 0.4) is 0 Å². The van der Waals surface area contributed by atoms with Crippen molar-refractivity contribution >= 4 is 35.8 Å². The summed E-state index contributed by atoms with van der Waals surface area (Å²) in [5.41, 5.74) is 3.22. The molecule has 4 rings (SSSR count). The van der Waals surface area contributed by atoms with E-state index >= 15 is 0 Å². The van der Waals surface area contributed by atoms with Crippen molar-refractivity contribution in [3.63, 3.8) is 0 Å². The molecule has 7 heteroatoms. The molecule has 1 amide bonds. The molecule has 1 atom stereocenters. The van der Waals surface area contributed by atoms with Crippen molar-refractivity contribution in [3.8, 4) is 5.75 Å². The van der Waals surface area contributed by atoms with Gasteiger partial charge in [0.05, 0.1) is 12.6 Å². The Labute approximate surface area is 214 Å². The van der Waals surface area contributed by atoms with Crippen LogP contribution in [0.1, 0.15) is 62.8 Å². The van der Waals surface area contributed by atoms with Gasteiger partial charge in [-0.2, -0.15) is 0 Å². The Balaban J connectivity index is 0.00000306. The summed E-state index contributed by atoms with van der Waals surface area (Å²) in [5.74, 6) is 1.97. The molecule has 0 aromatic heterocycles. The third-order valence-electron chi connectivity index (χ3n) is 6.09. The number of aliphatic imine (C=N–C) groups is 1. The fraction of sp³-hybridized carbons (Fsp3) is 0.462. The minimum Gasteiger partial charge on any atom is -0.487 e. The smallest absolute Gasteiger partial charge is 0.222 e. The van der Waals surface area contributed by atoms with Crippen LogP contribution in [0.4, 0.5) is 0 Å². The minimum atomic E-state index is -0.252. The Morgan fingerprint density at radius 1 is 1.15 bits per heavy atom. The predicted molar refractivity (Wildman–Crippen MR) is 143 cm³/mol. The van der Waals surface area contributed by atoms with E-state index in [1.807, 2.05) is 29.2 Å². The van der Waals surface area contributed by atoms with Gasteiger partial charge in [0.25, 0.3) is 0 Å². The number of fused-ring (bicyclic) bond motifs is 1. The van der Waals surface area contributed by atoms with Crippen LogP contribution in [-0.4, -0.2) is 35.5 Å². The predicted octanol–water partition coefficient (Wildman–Crippen LogP) is 4.78. The summed E-state index contributed by atoms with van der Waals surface area (Å²) in [6, 6.07) is 16.6. The average Bonchev–Trinajstić information content (AvgIpc) is 3.16. The summed E-state index contributed by atoms with van der Waals surface area (Å²) in [5, 5.41) is 7.02. The standard InChI is InChI=1S/C26H34N4O2.HI/c1-4-27-25(29-22-16-26(2,3)32-23-13-8-7-12-21(22)23)28-17-19-10-5-6-11-20(19)18-30-15-9-14-24(30)31;/h5-8,10-13,22H,4,9,14-18H2,1-3H3,(H2,27,28,29);1H. The lowest BCUT2D eigenvalue weighted by Crippen LogP contribution is -2.45. The molecule has 0 bridgehead atoms. The number of hydrogen-bond acceptors (Lipinski definition) is 3. The largest absolute Gasteiger partial charge is 0.487 e. The Kier molecular flexibility index (Phi) is 8.62. The normalized spacial score (nSPS) is 19.4. The van der Waals surface area contributed by atoms with Crippen molar-refractivity contribution in [2.75, 3.05) is 13.1 Å². The molecule has 1 unspecified atom stereocenters. The number of nitrogens with one attached hydrogen (secondary N) is 2. The molecule has 1 fully saturated rings. The van der Waals surface area contributed by atoms with Gasteiger partial charge in [-0.3, -0.25) is 4.79 Å². The van der Waals surface area contributed by atoms with Gasteiger partial charge in [0.1, 0.15) is 11.4 Å². The van der Waals surface area contributed by atoms with Gasteiger partial charge in [-0.1, -0.05) is 42.5 Å². The van der Waals surface area contributed by atoms with Crippen molar-refractivity contribution in [2.45, 2.75) is 64.8 Å². The van der Waals surface area contributed by atoms with Crippen LogP contribution in [0.15, 0.2) is 53.5 Å². The van der Waals surface area contributed by atoms with Gasteiger partial charge in [0, 0.05) is 38.0 Å². The molecule has 6 nitrogen and oxygen atoms in total. The molecule has 0 spiro atoms. The molecule has 2 N–H and O–H groups in total. The number of halogens is 1. The number of benzene rings is 2. The van der Waals surface area contributed by atoms with Crippen LogP contribution in [-0.2, 0) is 17.9 Å². The first-order chi connectivity index (χ1) is 15.4. The topological polar surface area (TPSA) is 66.0 Å². The molecule has 0 radical (unpaired) electrons. The van der Waals surface area contributed by atoms with Crippen LogP contribution in [0.2, 0.25) is 0 Å². The van der Waals surface area contributed by atoms with E-state index in [1.165, 1.54) is 5.56 Å². The molecule has 2 aromatic rings. The number of para-hydroxylation sites is 1. The van der Waals surface area contributed by atoms with E-state index in [-0.39, 0.29) is 41.5 Å². The highest BCUT2D eigenvalue weighted by Gasteiger charge is 2.34. The van der Waals surface area contributed by atoms with Gasteiger partial charge in [-0.05, 0) is 44.4 Å². The van der Waals surface area contributed by atoms with E-state index in [4.69, 9.17) is 9.73 Å². The van der Waals surface area contributed by atoms with Gasteiger partial charge in [-0.15, -0.1) is 24.0 Å². The fourth-order valence-electron chi connectivity index (χ4n) is 4.52. The van der Waals surface area contributed by atoms with Gasteiger partial charge >= 0.3 is 0 Å². The highest BCUT2D eigenvalue weighted by Crippen LogP contribution is 2.39. The molecule has 2 heterocycles. The first-order valence-corrected chi connectivity index (χ1v) is 11.6. The molecular formula is C26H35IN4O2. The molecule has 0 aliphatic carbocycles. The van der Waals surface area contributed by atoms with Crippen molar-refractivity contribution < 1.29 is 9.53 Å². The van der Waals surface area contributed by atoms with Gasteiger partial charge in [0.15, 0.2) is 5.96 Å². The van der Waals surface area contributed by atoms with Crippen LogP contribution in [0.25, 0.3) is 0 Å². The van der Waals surface area contributed by atoms with Crippen LogP contribution in [0.5, 0.6) is 5.75 Å². The number of rotatable bonds is 6. The first-order valence-electron chi connectivity index (χ1n) is 11.6. The Morgan fingerprint density at radius 3 is 2.61 bits per heavy atom. The van der Waals surface area contributed by atoms with Gasteiger partial charge < -0.3 is 20.3 Å². The zero-order valence-electron chi connectivity index (χ0n) is 19.8. The molecule has 2 aromatic carbocycles.